The SMILES string of the molecule is CC(C)[C@H](N)C(=O)C(CCN)S(=O)(=O)O. The first-order chi connectivity index (χ1) is 6.71. The zero-order valence-corrected chi connectivity index (χ0v) is 9.70. The highest BCUT2D eigenvalue weighted by Gasteiger charge is 2.34. The van der Waals surface area contributed by atoms with Crippen LogP contribution in [0.4, 0.5) is 0 Å². The Balaban J connectivity index is 4.87. The van der Waals surface area contributed by atoms with Crippen LogP contribution in [0.1, 0.15) is 20.3 Å². The van der Waals surface area contributed by atoms with Crippen LogP contribution in [0.25, 0.3) is 0 Å². The Hall–Kier alpha value is -0.500. The van der Waals surface area contributed by atoms with Crippen LogP contribution in [0.2, 0.25) is 0 Å². The molecule has 6 nitrogen and oxygen atoms in total. The minimum absolute atomic E-state index is 0.00100. The van der Waals surface area contributed by atoms with Crippen LogP contribution in [0, 0.1) is 5.92 Å². The lowest BCUT2D eigenvalue weighted by Gasteiger charge is -2.19. The predicted octanol–water partition coefficient (Wildman–Crippen LogP) is -0.856. The van der Waals surface area contributed by atoms with Gasteiger partial charge in [-0.2, -0.15) is 8.42 Å². The normalized spacial score (nSPS) is 16.4. The minimum Gasteiger partial charge on any atom is -0.330 e. The van der Waals surface area contributed by atoms with Gasteiger partial charge in [-0.05, 0) is 18.9 Å². The van der Waals surface area contributed by atoms with E-state index in [2.05, 4.69) is 0 Å². The summed E-state index contributed by atoms with van der Waals surface area (Å²) in [6, 6.07) is -0.900. The number of rotatable bonds is 6. The van der Waals surface area contributed by atoms with E-state index in [4.69, 9.17) is 16.0 Å². The van der Waals surface area contributed by atoms with E-state index in [1.807, 2.05) is 0 Å². The highest BCUT2D eigenvalue weighted by atomic mass is 32.2. The fourth-order valence-electron chi connectivity index (χ4n) is 1.13. The Bertz CT molecular complexity index is 313. The van der Waals surface area contributed by atoms with Crippen molar-refractivity contribution in [3.63, 3.8) is 0 Å². The molecule has 0 aliphatic rings. The number of nitrogens with two attached hydrogens (primary N) is 2. The third kappa shape index (κ3) is 4.25. The molecule has 15 heavy (non-hydrogen) atoms. The molecule has 0 aliphatic heterocycles. The largest absolute Gasteiger partial charge is 0.330 e. The maximum Gasteiger partial charge on any atom is 0.275 e. The highest BCUT2D eigenvalue weighted by Crippen LogP contribution is 2.11. The molecule has 0 aromatic carbocycles. The molecule has 2 atom stereocenters. The van der Waals surface area contributed by atoms with Gasteiger partial charge in [0.1, 0.15) is 5.25 Å². The molecule has 1 unspecified atom stereocenters. The molecule has 90 valence electrons. The Morgan fingerprint density at radius 1 is 1.40 bits per heavy atom. The first-order valence-corrected chi connectivity index (χ1v) is 6.17. The van der Waals surface area contributed by atoms with Crippen molar-refractivity contribution in [2.24, 2.45) is 17.4 Å². The van der Waals surface area contributed by atoms with Crippen LogP contribution in [0.3, 0.4) is 0 Å². The zero-order valence-electron chi connectivity index (χ0n) is 8.88. The molecule has 0 fully saturated rings. The maximum atomic E-state index is 11.6. The quantitative estimate of drug-likeness (QED) is 0.517. The van der Waals surface area contributed by atoms with E-state index in [0.29, 0.717) is 0 Å². The van der Waals surface area contributed by atoms with E-state index in [9.17, 15) is 13.2 Å². The van der Waals surface area contributed by atoms with Crippen molar-refractivity contribution in [3.8, 4) is 0 Å². The summed E-state index contributed by atoms with van der Waals surface area (Å²) in [5, 5.41) is -1.50. The Labute approximate surface area is 89.8 Å². The van der Waals surface area contributed by atoms with Crippen LogP contribution >= 0.6 is 0 Å². The smallest absolute Gasteiger partial charge is 0.275 e. The number of carbonyl (C=O) groups is 1. The fraction of sp³-hybridized carbons (Fsp3) is 0.875. The van der Waals surface area contributed by atoms with Gasteiger partial charge in [0.25, 0.3) is 10.1 Å². The van der Waals surface area contributed by atoms with Gasteiger partial charge in [-0.3, -0.25) is 9.35 Å². The van der Waals surface area contributed by atoms with Crippen LogP contribution in [0.15, 0.2) is 0 Å². The highest BCUT2D eigenvalue weighted by molar-refractivity contribution is 7.87. The van der Waals surface area contributed by atoms with Gasteiger partial charge in [0.05, 0.1) is 6.04 Å². The summed E-state index contributed by atoms with van der Waals surface area (Å²) in [5.74, 6) is -0.863. The van der Waals surface area contributed by atoms with E-state index < -0.39 is 27.2 Å². The van der Waals surface area contributed by atoms with Crippen molar-refractivity contribution in [1.82, 2.24) is 0 Å². The minimum atomic E-state index is -4.41. The Morgan fingerprint density at radius 2 is 1.87 bits per heavy atom. The molecule has 7 heteroatoms. The van der Waals surface area contributed by atoms with Gasteiger partial charge in [0, 0.05) is 0 Å². The summed E-state index contributed by atoms with van der Waals surface area (Å²) >= 11 is 0. The van der Waals surface area contributed by atoms with Crippen molar-refractivity contribution in [2.75, 3.05) is 6.54 Å². The molecule has 5 N–H and O–H groups in total. The fourth-order valence-corrected chi connectivity index (χ4v) is 2.02. The Kier molecular flexibility index (Phi) is 5.36. The molecular formula is C8H18N2O4S. The first-order valence-electron chi connectivity index (χ1n) is 4.67. The summed E-state index contributed by atoms with van der Waals surface area (Å²) in [7, 11) is -4.41. The van der Waals surface area contributed by atoms with Gasteiger partial charge in [0.15, 0.2) is 5.78 Å². The second-order valence-corrected chi connectivity index (χ2v) is 5.35. The molecule has 0 aromatic rings. The first kappa shape index (κ1) is 14.5. The van der Waals surface area contributed by atoms with Gasteiger partial charge < -0.3 is 11.5 Å². The van der Waals surface area contributed by atoms with E-state index in [1.165, 1.54) is 0 Å². The van der Waals surface area contributed by atoms with E-state index in [-0.39, 0.29) is 18.9 Å². The maximum absolute atomic E-state index is 11.6. The van der Waals surface area contributed by atoms with Gasteiger partial charge >= 0.3 is 0 Å². The summed E-state index contributed by atoms with van der Waals surface area (Å²) in [6.07, 6.45) is -0.113. The van der Waals surface area contributed by atoms with Crippen molar-refractivity contribution in [1.29, 1.82) is 0 Å². The monoisotopic (exact) mass is 238 g/mol. The zero-order chi connectivity index (χ0) is 12.2. The summed E-state index contributed by atoms with van der Waals surface area (Å²) in [5.41, 5.74) is 10.7. The van der Waals surface area contributed by atoms with Gasteiger partial charge in [-0.1, -0.05) is 13.8 Å². The van der Waals surface area contributed by atoms with Gasteiger partial charge in [-0.15, -0.1) is 0 Å². The molecule has 0 saturated carbocycles. The lowest BCUT2D eigenvalue weighted by atomic mass is 9.98. The third-order valence-electron chi connectivity index (χ3n) is 2.15. The molecule has 0 amide bonds. The average molecular weight is 238 g/mol. The van der Waals surface area contributed by atoms with Crippen LogP contribution < -0.4 is 11.5 Å². The molecule has 0 saturated heterocycles. The van der Waals surface area contributed by atoms with E-state index >= 15 is 0 Å². The average Bonchev–Trinajstić information content (AvgIpc) is 2.09. The lowest BCUT2D eigenvalue weighted by Crippen LogP contribution is -2.46. The molecule has 0 spiro atoms. The summed E-state index contributed by atoms with van der Waals surface area (Å²) in [6.45, 7) is 3.40. The third-order valence-corrected chi connectivity index (χ3v) is 3.34. The second kappa shape index (κ2) is 5.55. The standard InChI is InChI=1S/C8H18N2O4S/c1-5(2)7(10)8(11)6(3-4-9)15(12,13)14/h5-7H,3-4,9-10H2,1-2H3,(H,12,13,14)/t6?,7-/m0/s1. The number of ketones is 1. The predicted molar refractivity (Wildman–Crippen MR) is 56.8 cm³/mol. The van der Waals surface area contributed by atoms with Crippen LogP contribution in [-0.4, -0.2) is 36.6 Å². The number of carbonyl (C=O) groups excluding carboxylic acids is 1. The van der Waals surface area contributed by atoms with Crippen molar-refractivity contribution in [2.45, 2.75) is 31.6 Å². The topological polar surface area (TPSA) is 123 Å². The van der Waals surface area contributed by atoms with Gasteiger partial charge in [0.2, 0.25) is 0 Å². The second-order valence-electron chi connectivity index (χ2n) is 3.75. The summed E-state index contributed by atoms with van der Waals surface area (Å²) < 4.78 is 30.7. The molecule has 0 rings (SSSR count). The Morgan fingerprint density at radius 3 is 2.13 bits per heavy atom. The summed E-state index contributed by atoms with van der Waals surface area (Å²) in [4.78, 5) is 11.6. The number of hydrogen-bond donors (Lipinski definition) is 3. The van der Waals surface area contributed by atoms with Crippen molar-refractivity contribution < 1.29 is 17.8 Å². The number of Topliss-reactive ketones (excluding diaryl/α,β-unsaturated/α-hetero) is 1. The molecule has 0 radical (unpaired) electrons. The van der Waals surface area contributed by atoms with Crippen molar-refractivity contribution in [3.05, 3.63) is 0 Å². The molecule has 0 aromatic heterocycles. The molecular weight excluding hydrogens is 220 g/mol. The van der Waals surface area contributed by atoms with Gasteiger partial charge in [-0.25, -0.2) is 0 Å². The number of hydrogen-bond acceptors (Lipinski definition) is 5. The molecule has 0 bridgehead atoms. The van der Waals surface area contributed by atoms with E-state index in [0.717, 1.165) is 0 Å². The van der Waals surface area contributed by atoms with Crippen LogP contribution in [-0.2, 0) is 14.9 Å². The van der Waals surface area contributed by atoms with Crippen molar-refractivity contribution >= 4 is 15.9 Å². The molecule has 0 aliphatic carbocycles. The van der Waals surface area contributed by atoms with E-state index in [1.54, 1.807) is 13.8 Å². The van der Waals surface area contributed by atoms with Crippen LogP contribution in [0.5, 0.6) is 0 Å². The lowest BCUT2D eigenvalue weighted by molar-refractivity contribution is -0.120. The molecule has 0 heterocycles.